The monoisotopic (exact) mass is 437 g/mol. The van der Waals surface area contributed by atoms with Crippen molar-refractivity contribution in [1.29, 1.82) is 0 Å². The second-order valence-electron chi connectivity index (χ2n) is 6.56. The molecule has 0 atom stereocenters. The van der Waals surface area contributed by atoms with Gasteiger partial charge in [0.1, 0.15) is 4.32 Å². The van der Waals surface area contributed by atoms with Crippen molar-refractivity contribution >= 4 is 51.3 Å². The molecule has 0 N–H and O–H groups in total. The molecule has 0 bridgehead atoms. The van der Waals surface area contributed by atoms with Gasteiger partial charge in [-0.25, -0.2) is 4.98 Å². The van der Waals surface area contributed by atoms with Crippen molar-refractivity contribution < 1.29 is 14.3 Å². The van der Waals surface area contributed by atoms with Crippen LogP contribution in [0.5, 0.6) is 11.5 Å². The summed E-state index contributed by atoms with van der Waals surface area (Å²) in [6.45, 7) is 0.487. The highest BCUT2D eigenvalue weighted by molar-refractivity contribution is 8.26. The minimum atomic E-state index is -0.111. The van der Waals surface area contributed by atoms with Crippen molar-refractivity contribution in [2.24, 2.45) is 0 Å². The van der Waals surface area contributed by atoms with Gasteiger partial charge in [0.2, 0.25) is 0 Å². The van der Waals surface area contributed by atoms with Gasteiger partial charge in [-0.05, 0) is 42.3 Å². The van der Waals surface area contributed by atoms with E-state index in [0.29, 0.717) is 39.4 Å². The van der Waals surface area contributed by atoms with Gasteiger partial charge in [0, 0.05) is 6.54 Å². The molecule has 6 nitrogen and oxygen atoms in total. The number of aromatic nitrogens is 2. The number of rotatable bonds is 6. The first-order valence-electron chi connectivity index (χ1n) is 9.27. The molecule has 152 valence electrons. The maximum absolute atomic E-state index is 12.9. The predicted molar refractivity (Wildman–Crippen MR) is 123 cm³/mol. The molecule has 0 unspecified atom stereocenters. The lowest BCUT2D eigenvalue weighted by Crippen LogP contribution is -2.30. The molecule has 1 fully saturated rings. The van der Waals surface area contributed by atoms with Crippen LogP contribution >= 0.6 is 24.0 Å². The number of hydrogen-bond donors (Lipinski definition) is 0. The van der Waals surface area contributed by atoms with Crippen LogP contribution in [0.3, 0.4) is 0 Å². The molecule has 0 saturated carbocycles. The van der Waals surface area contributed by atoms with E-state index in [1.165, 1.54) is 11.8 Å². The lowest BCUT2D eigenvalue weighted by molar-refractivity contribution is -0.122. The molecule has 0 aliphatic carbocycles. The van der Waals surface area contributed by atoms with Crippen molar-refractivity contribution in [2.75, 3.05) is 20.8 Å². The van der Waals surface area contributed by atoms with E-state index in [1.54, 1.807) is 31.4 Å². The molecule has 3 aromatic rings. The maximum Gasteiger partial charge on any atom is 0.266 e. The molecule has 2 heterocycles. The van der Waals surface area contributed by atoms with Crippen molar-refractivity contribution in [1.82, 2.24) is 14.9 Å². The number of hydrogen-bond acceptors (Lipinski definition) is 7. The number of thiocarbonyl (C=S) groups is 1. The highest BCUT2D eigenvalue weighted by atomic mass is 32.2. The molecule has 1 amide bonds. The van der Waals surface area contributed by atoms with E-state index in [1.807, 2.05) is 42.5 Å². The fraction of sp³-hybridized carbons (Fsp3) is 0.182. The van der Waals surface area contributed by atoms with Gasteiger partial charge in [-0.1, -0.05) is 42.2 Å². The molecule has 30 heavy (non-hydrogen) atoms. The topological polar surface area (TPSA) is 64.5 Å². The summed E-state index contributed by atoms with van der Waals surface area (Å²) in [5.74, 6) is 1.22. The van der Waals surface area contributed by atoms with Gasteiger partial charge in [-0.15, -0.1) is 0 Å². The van der Waals surface area contributed by atoms with E-state index in [0.717, 1.165) is 16.6 Å². The van der Waals surface area contributed by atoms with Gasteiger partial charge in [-0.2, -0.15) is 0 Å². The van der Waals surface area contributed by atoms with Crippen molar-refractivity contribution in [3.63, 3.8) is 0 Å². The van der Waals surface area contributed by atoms with Crippen molar-refractivity contribution in [3.8, 4) is 11.5 Å². The zero-order valence-corrected chi connectivity index (χ0v) is 18.1. The van der Waals surface area contributed by atoms with Crippen LogP contribution in [-0.4, -0.2) is 45.9 Å². The minimum absolute atomic E-state index is 0.111. The Kier molecular flexibility index (Phi) is 5.96. The van der Waals surface area contributed by atoms with E-state index in [9.17, 15) is 4.79 Å². The SMILES string of the molecule is COc1ccc(CCN2C(=O)C(=Cc3cnc4ccccc4n3)SC2=S)cc1OC. The van der Waals surface area contributed by atoms with Gasteiger partial charge in [0.05, 0.1) is 42.0 Å². The summed E-state index contributed by atoms with van der Waals surface area (Å²) in [5, 5.41) is 0. The number of carbonyl (C=O) groups is 1. The largest absolute Gasteiger partial charge is 0.493 e. The van der Waals surface area contributed by atoms with Gasteiger partial charge >= 0.3 is 0 Å². The molecule has 0 spiro atoms. The molecule has 8 heteroatoms. The molecule has 1 saturated heterocycles. The zero-order valence-electron chi connectivity index (χ0n) is 16.5. The summed E-state index contributed by atoms with van der Waals surface area (Å²) >= 11 is 6.73. The molecule has 1 aliphatic heterocycles. The maximum atomic E-state index is 12.9. The second kappa shape index (κ2) is 8.81. The van der Waals surface area contributed by atoms with E-state index >= 15 is 0 Å². The van der Waals surface area contributed by atoms with Crippen LogP contribution in [0.1, 0.15) is 11.3 Å². The Morgan fingerprint density at radius 3 is 2.63 bits per heavy atom. The quantitative estimate of drug-likeness (QED) is 0.425. The third-order valence-electron chi connectivity index (χ3n) is 4.69. The lowest BCUT2D eigenvalue weighted by atomic mass is 10.1. The molecular formula is C22H19N3O3S2. The summed E-state index contributed by atoms with van der Waals surface area (Å²) in [6.07, 6.45) is 4.06. The Bertz CT molecular complexity index is 1160. The fourth-order valence-corrected chi connectivity index (χ4v) is 4.44. The van der Waals surface area contributed by atoms with Gasteiger partial charge < -0.3 is 9.47 Å². The first-order chi connectivity index (χ1) is 14.6. The van der Waals surface area contributed by atoms with Crippen LogP contribution in [-0.2, 0) is 11.2 Å². The average molecular weight is 438 g/mol. The van der Waals surface area contributed by atoms with Crippen LogP contribution in [0.2, 0.25) is 0 Å². The van der Waals surface area contributed by atoms with E-state index < -0.39 is 0 Å². The molecule has 1 aromatic heterocycles. The summed E-state index contributed by atoms with van der Waals surface area (Å²) in [6, 6.07) is 13.4. The number of benzene rings is 2. The van der Waals surface area contributed by atoms with Crippen LogP contribution in [0.15, 0.2) is 53.6 Å². The Morgan fingerprint density at radius 2 is 1.87 bits per heavy atom. The molecular weight excluding hydrogens is 418 g/mol. The number of para-hydroxylation sites is 2. The third kappa shape index (κ3) is 4.15. The van der Waals surface area contributed by atoms with Crippen LogP contribution < -0.4 is 9.47 Å². The predicted octanol–water partition coefficient (Wildman–Crippen LogP) is 4.09. The molecule has 2 aromatic carbocycles. The smallest absolute Gasteiger partial charge is 0.266 e. The van der Waals surface area contributed by atoms with Crippen molar-refractivity contribution in [2.45, 2.75) is 6.42 Å². The highest BCUT2D eigenvalue weighted by Crippen LogP contribution is 2.33. The van der Waals surface area contributed by atoms with Gasteiger partial charge in [0.25, 0.3) is 5.91 Å². The van der Waals surface area contributed by atoms with Gasteiger partial charge in [0.15, 0.2) is 11.5 Å². The summed E-state index contributed by atoms with van der Waals surface area (Å²) in [4.78, 5) is 24.0. The number of amides is 1. The van der Waals surface area contributed by atoms with Crippen molar-refractivity contribution in [3.05, 3.63) is 64.8 Å². The number of thioether (sulfide) groups is 1. The Balaban J connectivity index is 1.49. The number of ether oxygens (including phenoxy) is 2. The average Bonchev–Trinajstić information content (AvgIpc) is 3.04. The summed E-state index contributed by atoms with van der Waals surface area (Å²) in [7, 11) is 3.20. The molecule has 4 rings (SSSR count). The number of methoxy groups -OCH3 is 2. The van der Waals surface area contributed by atoms with Crippen LogP contribution in [0, 0.1) is 0 Å². The Labute approximate surface area is 183 Å². The highest BCUT2D eigenvalue weighted by Gasteiger charge is 2.31. The number of carbonyl (C=O) groups excluding carboxylic acids is 1. The standard InChI is InChI=1S/C22H19N3O3S2/c1-27-18-8-7-14(11-19(18)28-2)9-10-25-21(26)20(30-22(25)29)12-15-13-23-16-5-3-4-6-17(16)24-15/h3-8,11-13H,9-10H2,1-2H3. The first kappa shape index (κ1) is 20.3. The van der Waals surface area contributed by atoms with Crippen LogP contribution in [0.25, 0.3) is 17.1 Å². The van der Waals surface area contributed by atoms with E-state index in [2.05, 4.69) is 9.97 Å². The number of fused-ring (bicyclic) bond motifs is 1. The summed E-state index contributed by atoms with van der Waals surface area (Å²) < 4.78 is 11.2. The fourth-order valence-electron chi connectivity index (χ4n) is 3.15. The summed E-state index contributed by atoms with van der Waals surface area (Å²) in [5.41, 5.74) is 3.27. The first-order valence-corrected chi connectivity index (χ1v) is 10.5. The molecule has 1 aliphatic rings. The van der Waals surface area contributed by atoms with E-state index in [-0.39, 0.29) is 5.91 Å². The third-order valence-corrected chi connectivity index (χ3v) is 6.07. The normalized spacial score (nSPS) is 15.3. The Hall–Kier alpha value is -2.97. The zero-order chi connectivity index (χ0) is 21.1. The Morgan fingerprint density at radius 1 is 1.10 bits per heavy atom. The molecule has 0 radical (unpaired) electrons. The number of nitrogens with zero attached hydrogens (tertiary/aromatic N) is 3. The van der Waals surface area contributed by atoms with Gasteiger partial charge in [-0.3, -0.25) is 14.7 Å². The minimum Gasteiger partial charge on any atom is -0.493 e. The van der Waals surface area contributed by atoms with Crippen LogP contribution in [0.4, 0.5) is 0 Å². The lowest BCUT2D eigenvalue weighted by Gasteiger charge is -2.15. The second-order valence-corrected chi connectivity index (χ2v) is 8.23. The van der Waals surface area contributed by atoms with E-state index in [4.69, 9.17) is 21.7 Å².